The van der Waals surface area contributed by atoms with Crippen molar-refractivity contribution in [3.8, 4) is 0 Å². The summed E-state index contributed by atoms with van der Waals surface area (Å²) in [5.41, 5.74) is 0. The maximum atomic E-state index is 5.74. The van der Waals surface area contributed by atoms with Crippen molar-refractivity contribution in [3.63, 3.8) is 0 Å². The molecular formula is C10H14Cl2N4. The van der Waals surface area contributed by atoms with Crippen LogP contribution in [0.1, 0.15) is 25.7 Å². The molecule has 1 fully saturated rings. The minimum Gasteiger partial charge on any atom is -0.343 e. The zero-order valence-corrected chi connectivity index (χ0v) is 10.7. The maximum Gasteiger partial charge on any atom is 0.230 e. The topological polar surface area (TPSA) is 41.9 Å². The molecule has 88 valence electrons. The highest BCUT2D eigenvalue weighted by molar-refractivity contribution is 6.31. The summed E-state index contributed by atoms with van der Waals surface area (Å²) in [5, 5.41) is 0.293. The summed E-state index contributed by atoms with van der Waals surface area (Å²) < 4.78 is 0. The Morgan fingerprint density at radius 2 is 1.69 bits per heavy atom. The van der Waals surface area contributed by atoms with Crippen molar-refractivity contribution in [1.29, 1.82) is 0 Å². The van der Waals surface area contributed by atoms with Gasteiger partial charge in [-0.3, -0.25) is 0 Å². The van der Waals surface area contributed by atoms with E-state index in [-0.39, 0.29) is 10.6 Å². The summed E-state index contributed by atoms with van der Waals surface area (Å²) in [6.45, 7) is 0.955. The number of anilines is 1. The normalized spacial score (nSPS) is 16.7. The first kappa shape index (κ1) is 11.9. The van der Waals surface area contributed by atoms with E-state index in [0.717, 1.165) is 12.5 Å². The number of hydrogen-bond acceptors (Lipinski definition) is 4. The fourth-order valence-electron chi connectivity index (χ4n) is 2.15. The lowest BCUT2D eigenvalue weighted by Gasteiger charge is -2.20. The average Bonchev–Trinajstić information content (AvgIpc) is 2.68. The molecule has 1 aliphatic rings. The molecule has 4 nitrogen and oxygen atoms in total. The Morgan fingerprint density at radius 1 is 1.12 bits per heavy atom. The number of aromatic nitrogens is 3. The largest absolute Gasteiger partial charge is 0.343 e. The summed E-state index contributed by atoms with van der Waals surface area (Å²) >= 11 is 11.5. The van der Waals surface area contributed by atoms with E-state index in [1.807, 2.05) is 11.9 Å². The molecule has 0 aliphatic heterocycles. The zero-order chi connectivity index (χ0) is 11.5. The van der Waals surface area contributed by atoms with Gasteiger partial charge in [-0.15, -0.1) is 0 Å². The van der Waals surface area contributed by atoms with Crippen LogP contribution in [0.25, 0.3) is 0 Å². The minimum atomic E-state index is 0.147. The molecule has 0 amide bonds. The van der Waals surface area contributed by atoms with Gasteiger partial charge in [0.2, 0.25) is 16.5 Å². The highest BCUT2D eigenvalue weighted by Crippen LogP contribution is 2.26. The predicted octanol–water partition coefficient (Wildman–Crippen LogP) is 2.80. The second-order valence-electron chi connectivity index (χ2n) is 4.20. The summed E-state index contributed by atoms with van der Waals surface area (Å²) in [5.74, 6) is 1.29. The third-order valence-electron chi connectivity index (χ3n) is 2.92. The maximum absolute atomic E-state index is 5.74. The van der Waals surface area contributed by atoms with Gasteiger partial charge in [0.25, 0.3) is 0 Å². The van der Waals surface area contributed by atoms with Crippen LogP contribution in [0.3, 0.4) is 0 Å². The van der Waals surface area contributed by atoms with Gasteiger partial charge in [-0.25, -0.2) is 0 Å². The zero-order valence-electron chi connectivity index (χ0n) is 9.16. The van der Waals surface area contributed by atoms with Crippen molar-refractivity contribution in [1.82, 2.24) is 15.0 Å². The quantitative estimate of drug-likeness (QED) is 0.839. The lowest BCUT2D eigenvalue weighted by molar-refractivity contribution is 0.542. The Hall–Kier alpha value is -0.610. The summed E-state index contributed by atoms with van der Waals surface area (Å²) in [7, 11) is 1.96. The van der Waals surface area contributed by atoms with Crippen molar-refractivity contribution in [3.05, 3.63) is 10.6 Å². The number of nitrogens with zero attached hydrogens (tertiary/aromatic N) is 4. The summed E-state index contributed by atoms with van der Waals surface area (Å²) in [6.07, 6.45) is 5.24. The number of rotatable bonds is 3. The monoisotopic (exact) mass is 260 g/mol. The van der Waals surface area contributed by atoms with E-state index < -0.39 is 0 Å². The molecule has 16 heavy (non-hydrogen) atoms. The van der Waals surface area contributed by atoms with Crippen LogP contribution in [0.2, 0.25) is 10.6 Å². The van der Waals surface area contributed by atoms with E-state index in [1.54, 1.807) is 0 Å². The Kier molecular flexibility index (Phi) is 3.82. The molecule has 0 saturated heterocycles. The van der Waals surface area contributed by atoms with Gasteiger partial charge in [0.15, 0.2) is 0 Å². The van der Waals surface area contributed by atoms with E-state index >= 15 is 0 Å². The Morgan fingerprint density at radius 3 is 2.25 bits per heavy atom. The van der Waals surface area contributed by atoms with Crippen LogP contribution in [-0.2, 0) is 0 Å². The lowest BCUT2D eigenvalue weighted by atomic mass is 10.1. The third-order valence-corrected chi connectivity index (χ3v) is 3.26. The van der Waals surface area contributed by atoms with E-state index in [0.29, 0.717) is 5.95 Å². The molecule has 1 heterocycles. The summed E-state index contributed by atoms with van der Waals surface area (Å²) in [4.78, 5) is 13.8. The van der Waals surface area contributed by atoms with E-state index in [4.69, 9.17) is 23.2 Å². The fourth-order valence-corrected chi connectivity index (χ4v) is 2.50. The third kappa shape index (κ3) is 2.95. The molecule has 2 rings (SSSR count). The molecule has 6 heteroatoms. The van der Waals surface area contributed by atoms with Crippen molar-refractivity contribution in [2.45, 2.75) is 25.7 Å². The average molecular weight is 261 g/mol. The Bertz CT molecular complexity index is 346. The first-order valence-electron chi connectivity index (χ1n) is 5.43. The highest BCUT2D eigenvalue weighted by Gasteiger charge is 2.18. The van der Waals surface area contributed by atoms with Gasteiger partial charge in [0.05, 0.1) is 0 Å². The van der Waals surface area contributed by atoms with Crippen LogP contribution in [0, 0.1) is 5.92 Å². The van der Waals surface area contributed by atoms with E-state index in [2.05, 4.69) is 15.0 Å². The van der Waals surface area contributed by atoms with Crippen molar-refractivity contribution >= 4 is 29.2 Å². The molecule has 1 saturated carbocycles. The van der Waals surface area contributed by atoms with Gasteiger partial charge in [-0.2, -0.15) is 15.0 Å². The predicted molar refractivity (Wildman–Crippen MR) is 65.1 cm³/mol. The molecule has 0 aromatic carbocycles. The standard InChI is InChI=1S/C10H14Cl2N4/c1-16(6-7-4-2-3-5-7)10-14-8(11)13-9(12)15-10/h7H,2-6H2,1H3. The van der Waals surface area contributed by atoms with E-state index in [9.17, 15) is 0 Å². The van der Waals surface area contributed by atoms with Gasteiger partial charge < -0.3 is 4.90 Å². The molecule has 0 radical (unpaired) electrons. The highest BCUT2D eigenvalue weighted by atomic mass is 35.5. The van der Waals surface area contributed by atoms with Crippen LogP contribution in [0.4, 0.5) is 5.95 Å². The second-order valence-corrected chi connectivity index (χ2v) is 4.88. The number of hydrogen-bond donors (Lipinski definition) is 0. The second kappa shape index (κ2) is 5.15. The lowest BCUT2D eigenvalue weighted by Crippen LogP contribution is -2.26. The SMILES string of the molecule is CN(CC1CCCC1)c1nc(Cl)nc(Cl)n1. The Balaban J connectivity index is 2.04. The molecule has 1 aliphatic carbocycles. The van der Waals surface area contributed by atoms with Gasteiger partial charge in [0, 0.05) is 13.6 Å². The van der Waals surface area contributed by atoms with Crippen molar-refractivity contribution in [2.24, 2.45) is 5.92 Å². The van der Waals surface area contributed by atoms with Crippen LogP contribution >= 0.6 is 23.2 Å². The molecule has 0 unspecified atom stereocenters. The van der Waals surface area contributed by atoms with Crippen LogP contribution in [-0.4, -0.2) is 28.5 Å². The molecule has 0 bridgehead atoms. The molecule has 1 aromatic rings. The molecule has 1 aromatic heterocycles. The van der Waals surface area contributed by atoms with Gasteiger partial charge >= 0.3 is 0 Å². The van der Waals surface area contributed by atoms with Gasteiger partial charge in [-0.05, 0) is 42.0 Å². The molecule has 0 atom stereocenters. The molecule has 0 N–H and O–H groups in total. The van der Waals surface area contributed by atoms with Crippen molar-refractivity contribution in [2.75, 3.05) is 18.5 Å². The summed E-state index contributed by atoms with van der Waals surface area (Å²) in [6, 6.07) is 0. The van der Waals surface area contributed by atoms with Crippen molar-refractivity contribution < 1.29 is 0 Å². The minimum absolute atomic E-state index is 0.147. The number of halogens is 2. The van der Waals surface area contributed by atoms with Gasteiger partial charge in [0.1, 0.15) is 0 Å². The van der Waals surface area contributed by atoms with Gasteiger partial charge in [-0.1, -0.05) is 12.8 Å². The van der Waals surface area contributed by atoms with Crippen LogP contribution < -0.4 is 4.90 Å². The molecular weight excluding hydrogens is 247 g/mol. The first-order chi connectivity index (χ1) is 7.65. The smallest absolute Gasteiger partial charge is 0.230 e. The fraction of sp³-hybridized carbons (Fsp3) is 0.700. The molecule has 0 spiro atoms. The van der Waals surface area contributed by atoms with E-state index in [1.165, 1.54) is 25.7 Å². The first-order valence-corrected chi connectivity index (χ1v) is 6.19. The van der Waals surface area contributed by atoms with Crippen LogP contribution in [0.15, 0.2) is 0 Å². The van der Waals surface area contributed by atoms with Crippen LogP contribution in [0.5, 0.6) is 0 Å². The Labute approximate surface area is 105 Å².